The fourth-order valence-electron chi connectivity index (χ4n) is 3.79. The standard InChI is InChI=1S/C20H24F6NO4PS/c1-18(12-30-32(28,29)31-27-18)9-3-4-13-7-8-16(11-17(13)20(24,25)26)33-15-6-2-5-14(10-15)19(21,22)23/h5,8,10-11,13,27H,2-4,6-7,9,12H2,1H3,(H,28,29). The van der Waals surface area contributed by atoms with Crippen LogP contribution in [-0.4, -0.2) is 29.4 Å². The number of rotatable bonds is 6. The average molecular weight is 519 g/mol. The van der Waals surface area contributed by atoms with E-state index in [1.54, 1.807) is 13.0 Å². The first-order chi connectivity index (χ1) is 15.2. The van der Waals surface area contributed by atoms with E-state index in [2.05, 4.69) is 10.1 Å². The highest BCUT2D eigenvalue weighted by Crippen LogP contribution is 2.48. The lowest BCUT2D eigenvalue weighted by Gasteiger charge is -2.35. The van der Waals surface area contributed by atoms with Gasteiger partial charge in [-0.1, -0.05) is 30.3 Å². The highest BCUT2D eigenvalue weighted by molar-refractivity contribution is 8.06. The smallest absolute Gasteiger partial charge is 0.301 e. The van der Waals surface area contributed by atoms with Crippen LogP contribution >= 0.6 is 19.6 Å². The lowest BCUT2D eigenvalue weighted by atomic mass is 9.84. The molecule has 2 aliphatic carbocycles. The summed E-state index contributed by atoms with van der Waals surface area (Å²) in [6, 6.07) is 0. The van der Waals surface area contributed by atoms with Crippen LogP contribution in [0.4, 0.5) is 26.3 Å². The molecule has 1 heterocycles. The van der Waals surface area contributed by atoms with E-state index in [9.17, 15) is 35.8 Å². The van der Waals surface area contributed by atoms with Crippen LogP contribution < -0.4 is 5.48 Å². The summed E-state index contributed by atoms with van der Waals surface area (Å²) in [6.07, 6.45) is -2.74. The van der Waals surface area contributed by atoms with E-state index in [1.165, 1.54) is 0 Å². The van der Waals surface area contributed by atoms with Gasteiger partial charge >= 0.3 is 20.2 Å². The first-order valence-corrected chi connectivity index (χ1v) is 12.6. The molecule has 0 saturated carbocycles. The molecule has 0 spiro atoms. The molecule has 3 atom stereocenters. The lowest BCUT2D eigenvalue weighted by molar-refractivity contribution is -0.0998. The number of alkyl halides is 6. The van der Waals surface area contributed by atoms with Gasteiger partial charge in [-0.3, -0.25) is 4.52 Å². The zero-order valence-electron chi connectivity index (χ0n) is 17.6. The van der Waals surface area contributed by atoms with E-state index in [0.717, 1.165) is 30.0 Å². The van der Waals surface area contributed by atoms with E-state index < -0.39 is 42.8 Å². The van der Waals surface area contributed by atoms with Crippen LogP contribution in [0.15, 0.2) is 45.3 Å². The van der Waals surface area contributed by atoms with Crippen molar-refractivity contribution in [1.82, 2.24) is 5.48 Å². The fraction of sp³-hybridized carbons (Fsp3) is 0.600. The highest BCUT2D eigenvalue weighted by atomic mass is 32.2. The zero-order chi connectivity index (χ0) is 24.5. The number of hydroxylamine groups is 1. The molecular weight excluding hydrogens is 495 g/mol. The minimum Gasteiger partial charge on any atom is -0.301 e. The Balaban J connectivity index is 1.62. The molecule has 0 amide bonds. The van der Waals surface area contributed by atoms with Crippen molar-refractivity contribution in [3.8, 4) is 0 Å². The second-order valence-electron chi connectivity index (χ2n) is 8.43. The number of hydrogen-bond donors (Lipinski definition) is 2. The van der Waals surface area contributed by atoms with Crippen LogP contribution in [-0.2, 0) is 13.7 Å². The number of hydrogen-bond acceptors (Lipinski definition) is 5. The Kier molecular flexibility index (Phi) is 7.98. The second-order valence-corrected chi connectivity index (χ2v) is 11.0. The largest absolute Gasteiger partial charge is 0.488 e. The van der Waals surface area contributed by atoms with Gasteiger partial charge in [0, 0.05) is 10.5 Å². The average Bonchev–Trinajstić information content (AvgIpc) is 2.70. The molecule has 2 N–H and O–H groups in total. The molecule has 0 bridgehead atoms. The monoisotopic (exact) mass is 519 g/mol. The quantitative estimate of drug-likeness (QED) is 0.295. The van der Waals surface area contributed by atoms with Crippen LogP contribution in [0.3, 0.4) is 0 Å². The summed E-state index contributed by atoms with van der Waals surface area (Å²) >= 11 is 0.941. The van der Waals surface area contributed by atoms with Gasteiger partial charge in [0.1, 0.15) is 0 Å². The Morgan fingerprint density at radius 1 is 1.21 bits per heavy atom. The first-order valence-electron chi connectivity index (χ1n) is 10.2. The third kappa shape index (κ3) is 7.47. The fourth-order valence-corrected chi connectivity index (χ4v) is 5.70. The van der Waals surface area contributed by atoms with Crippen LogP contribution in [0.5, 0.6) is 0 Å². The van der Waals surface area contributed by atoms with Gasteiger partial charge in [-0.05, 0) is 62.0 Å². The molecule has 33 heavy (non-hydrogen) atoms. The Morgan fingerprint density at radius 2 is 1.94 bits per heavy atom. The molecule has 0 aromatic heterocycles. The van der Waals surface area contributed by atoms with Crippen molar-refractivity contribution in [2.45, 2.75) is 63.3 Å². The second kappa shape index (κ2) is 9.91. The maximum atomic E-state index is 13.7. The molecule has 13 heteroatoms. The molecule has 186 valence electrons. The van der Waals surface area contributed by atoms with Crippen LogP contribution in [0.2, 0.25) is 0 Å². The summed E-state index contributed by atoms with van der Waals surface area (Å²) in [4.78, 5) is 9.87. The summed E-state index contributed by atoms with van der Waals surface area (Å²) in [5.41, 5.74) is 0.151. The number of phosphoric acid groups is 1. The van der Waals surface area contributed by atoms with Crippen LogP contribution in [0, 0.1) is 5.92 Å². The van der Waals surface area contributed by atoms with Gasteiger partial charge in [-0.25, -0.2) is 4.57 Å². The minimum atomic E-state index is -4.56. The Bertz CT molecular complexity index is 912. The van der Waals surface area contributed by atoms with Gasteiger partial charge in [0.05, 0.1) is 17.7 Å². The topological polar surface area (TPSA) is 67.8 Å². The van der Waals surface area contributed by atoms with E-state index in [0.29, 0.717) is 24.2 Å². The number of thioether (sulfide) groups is 1. The maximum Gasteiger partial charge on any atom is 0.488 e. The molecule has 3 rings (SSSR count). The Hall–Kier alpha value is -1.04. The third-order valence-corrected chi connectivity index (χ3v) is 7.43. The van der Waals surface area contributed by atoms with Crippen molar-refractivity contribution in [3.63, 3.8) is 0 Å². The van der Waals surface area contributed by atoms with E-state index in [-0.39, 0.29) is 30.8 Å². The number of nitrogens with one attached hydrogen (secondary N) is 1. The molecule has 3 aliphatic rings. The molecule has 0 radical (unpaired) electrons. The van der Waals surface area contributed by atoms with E-state index in [1.807, 2.05) is 0 Å². The van der Waals surface area contributed by atoms with E-state index >= 15 is 0 Å². The highest BCUT2D eigenvalue weighted by Gasteiger charge is 2.41. The van der Waals surface area contributed by atoms with Gasteiger partial charge in [-0.15, -0.1) is 0 Å². The van der Waals surface area contributed by atoms with Gasteiger partial charge in [0.25, 0.3) is 0 Å². The predicted molar refractivity (Wildman–Crippen MR) is 112 cm³/mol. The van der Waals surface area contributed by atoms with Crippen LogP contribution in [0.25, 0.3) is 0 Å². The number of allylic oxidation sites excluding steroid dienone is 7. The lowest BCUT2D eigenvalue weighted by Crippen LogP contribution is -2.48. The van der Waals surface area contributed by atoms with Crippen molar-refractivity contribution in [2.24, 2.45) is 5.92 Å². The summed E-state index contributed by atoms with van der Waals surface area (Å²) in [5.74, 6) is -0.793. The molecule has 1 aliphatic heterocycles. The normalized spacial score (nSPS) is 31.5. The summed E-state index contributed by atoms with van der Waals surface area (Å²) in [6.45, 7) is 1.54. The molecule has 0 aromatic rings. The van der Waals surface area contributed by atoms with Crippen molar-refractivity contribution in [1.29, 1.82) is 0 Å². The van der Waals surface area contributed by atoms with Crippen molar-refractivity contribution in [3.05, 3.63) is 45.3 Å². The molecule has 0 aromatic carbocycles. The number of halogens is 6. The van der Waals surface area contributed by atoms with Gasteiger partial charge in [0.15, 0.2) is 0 Å². The van der Waals surface area contributed by atoms with Crippen molar-refractivity contribution < 1.29 is 44.9 Å². The number of phosphoric ester groups is 1. The van der Waals surface area contributed by atoms with Gasteiger partial charge in [0.2, 0.25) is 0 Å². The van der Waals surface area contributed by atoms with Crippen LogP contribution in [0.1, 0.15) is 45.4 Å². The maximum absolute atomic E-state index is 13.7. The molecular formula is C20H24F6NO4PS. The third-order valence-electron chi connectivity index (χ3n) is 5.55. The Labute approximate surface area is 191 Å². The summed E-state index contributed by atoms with van der Waals surface area (Å²) in [5, 5.41) is 0. The first kappa shape index (κ1) is 26.6. The van der Waals surface area contributed by atoms with E-state index in [4.69, 9.17) is 4.52 Å². The molecule has 1 fully saturated rings. The minimum absolute atomic E-state index is 0.117. The molecule has 3 unspecified atom stereocenters. The van der Waals surface area contributed by atoms with Crippen molar-refractivity contribution >= 4 is 19.6 Å². The SMILES string of the molecule is CC1(CCCC2CC=C(SC3=CC(C(F)(F)F)=CCC3)C=C2C(F)(F)F)COP(=O)(O)ON1. The molecule has 5 nitrogen and oxygen atoms in total. The van der Waals surface area contributed by atoms with Gasteiger partial charge in [-0.2, -0.15) is 36.4 Å². The van der Waals surface area contributed by atoms with Crippen molar-refractivity contribution in [2.75, 3.05) is 6.61 Å². The van der Waals surface area contributed by atoms with Gasteiger partial charge < -0.3 is 4.89 Å². The summed E-state index contributed by atoms with van der Waals surface area (Å²) < 4.78 is 101. The molecule has 1 saturated heterocycles. The summed E-state index contributed by atoms with van der Waals surface area (Å²) in [7, 11) is -4.14. The zero-order valence-corrected chi connectivity index (χ0v) is 19.3. The Morgan fingerprint density at radius 3 is 2.55 bits per heavy atom. The predicted octanol–water partition coefficient (Wildman–Crippen LogP) is 6.86.